The molecule has 35 heavy (non-hydrogen) atoms. The molecule has 0 N–H and O–H groups in total. The third-order valence-corrected chi connectivity index (χ3v) is 6.60. The van der Waals surface area contributed by atoms with Crippen LogP contribution in [0.25, 0.3) is 0 Å². The van der Waals surface area contributed by atoms with Crippen molar-refractivity contribution in [2.24, 2.45) is 0 Å². The summed E-state index contributed by atoms with van der Waals surface area (Å²) in [5, 5.41) is 1.83. The molecule has 5 nitrogen and oxygen atoms in total. The average Bonchev–Trinajstić information content (AvgIpc) is 3.52. The van der Waals surface area contributed by atoms with Gasteiger partial charge in [0, 0.05) is 31.5 Å². The molecule has 9 heteroatoms. The molecule has 0 aliphatic rings. The number of halogens is 3. The first-order valence-electron chi connectivity index (χ1n) is 11.6. The minimum absolute atomic E-state index is 0.0225. The maximum Gasteiger partial charge on any atom is 0.416 e. The second kappa shape index (κ2) is 12.1. The minimum Gasteiger partial charge on any atom is -0.345 e. The molecule has 0 atom stereocenters. The van der Waals surface area contributed by atoms with E-state index in [4.69, 9.17) is 0 Å². The topological polar surface area (TPSA) is 45.6 Å². The maximum absolute atomic E-state index is 13.2. The van der Waals surface area contributed by atoms with E-state index in [1.165, 1.54) is 22.3 Å². The Morgan fingerprint density at radius 1 is 1.03 bits per heavy atom. The van der Waals surface area contributed by atoms with E-state index in [0.29, 0.717) is 30.1 Å². The van der Waals surface area contributed by atoms with Crippen LogP contribution in [0.4, 0.5) is 13.2 Å². The summed E-state index contributed by atoms with van der Waals surface area (Å²) >= 11 is 1.34. The highest BCUT2D eigenvalue weighted by Gasteiger charge is 2.30. The van der Waals surface area contributed by atoms with Crippen LogP contribution >= 0.6 is 11.3 Å². The zero-order valence-corrected chi connectivity index (χ0v) is 20.7. The highest BCUT2D eigenvalue weighted by Crippen LogP contribution is 2.29. The SMILES string of the molecule is CCCCN(Cc1cccn1Cc1cccc(C(F)(F)F)c1)C(=O)CN(CC)C(=O)c1cccs1. The van der Waals surface area contributed by atoms with E-state index < -0.39 is 11.7 Å². The Bertz CT molecular complexity index is 1110. The fraction of sp³-hybridized carbons (Fsp3) is 0.385. The number of carbonyl (C=O) groups is 2. The van der Waals surface area contributed by atoms with Crippen molar-refractivity contribution in [3.05, 3.63) is 81.8 Å². The molecule has 2 amide bonds. The number of hydrogen-bond donors (Lipinski definition) is 0. The van der Waals surface area contributed by atoms with Crippen molar-refractivity contribution in [2.45, 2.75) is 46.0 Å². The Labute approximate surface area is 207 Å². The van der Waals surface area contributed by atoms with E-state index in [2.05, 4.69) is 0 Å². The number of likely N-dealkylation sites (N-methyl/N-ethyl adjacent to an activating group) is 1. The number of hydrogen-bond acceptors (Lipinski definition) is 3. The zero-order valence-electron chi connectivity index (χ0n) is 19.9. The van der Waals surface area contributed by atoms with Crippen molar-refractivity contribution in [2.75, 3.05) is 19.6 Å². The molecule has 0 saturated carbocycles. The van der Waals surface area contributed by atoms with E-state index >= 15 is 0 Å². The van der Waals surface area contributed by atoms with Gasteiger partial charge in [-0.3, -0.25) is 9.59 Å². The molecule has 0 aliphatic carbocycles. The average molecular weight is 506 g/mol. The van der Waals surface area contributed by atoms with Crippen LogP contribution in [0.5, 0.6) is 0 Å². The van der Waals surface area contributed by atoms with Crippen LogP contribution in [-0.4, -0.2) is 45.8 Å². The van der Waals surface area contributed by atoms with Gasteiger partial charge in [0.05, 0.1) is 17.0 Å². The van der Waals surface area contributed by atoms with Crippen LogP contribution in [0, 0.1) is 0 Å². The summed E-state index contributed by atoms with van der Waals surface area (Å²) in [5.41, 5.74) is 0.667. The number of rotatable bonds is 11. The fourth-order valence-electron chi connectivity index (χ4n) is 3.77. The largest absolute Gasteiger partial charge is 0.416 e. The lowest BCUT2D eigenvalue weighted by Crippen LogP contribution is -2.43. The van der Waals surface area contributed by atoms with Crippen LogP contribution in [0.2, 0.25) is 0 Å². The van der Waals surface area contributed by atoms with Crippen LogP contribution in [0.3, 0.4) is 0 Å². The molecular formula is C26H30F3N3O2S. The maximum atomic E-state index is 13.2. The van der Waals surface area contributed by atoms with E-state index in [1.54, 1.807) is 29.3 Å². The van der Waals surface area contributed by atoms with Gasteiger partial charge in [0.25, 0.3) is 5.91 Å². The lowest BCUT2D eigenvalue weighted by molar-refractivity contribution is -0.137. The zero-order chi connectivity index (χ0) is 25.4. The second-order valence-corrected chi connectivity index (χ2v) is 9.24. The van der Waals surface area contributed by atoms with Gasteiger partial charge in [-0.05, 0) is 54.6 Å². The van der Waals surface area contributed by atoms with Gasteiger partial charge in [-0.15, -0.1) is 11.3 Å². The number of nitrogens with zero attached hydrogens (tertiary/aromatic N) is 3. The number of aromatic nitrogens is 1. The van der Waals surface area contributed by atoms with E-state index in [9.17, 15) is 22.8 Å². The smallest absolute Gasteiger partial charge is 0.345 e. The molecule has 188 valence electrons. The molecule has 0 bridgehead atoms. The van der Waals surface area contributed by atoms with Crippen LogP contribution < -0.4 is 0 Å². The third kappa shape index (κ3) is 7.21. The molecule has 2 heterocycles. The first kappa shape index (κ1) is 26.5. The first-order valence-corrected chi connectivity index (χ1v) is 12.5. The summed E-state index contributed by atoms with van der Waals surface area (Å²) < 4.78 is 41.2. The van der Waals surface area contributed by atoms with Crippen LogP contribution in [0.1, 0.15) is 53.2 Å². The molecule has 3 aromatic rings. The third-order valence-electron chi connectivity index (χ3n) is 5.74. The predicted octanol–water partition coefficient (Wildman–Crippen LogP) is 5.91. The van der Waals surface area contributed by atoms with Crippen molar-refractivity contribution >= 4 is 23.2 Å². The summed E-state index contributed by atoms with van der Waals surface area (Å²) in [7, 11) is 0. The van der Waals surface area contributed by atoms with Crippen molar-refractivity contribution in [1.82, 2.24) is 14.4 Å². The van der Waals surface area contributed by atoms with Gasteiger partial charge in [-0.25, -0.2) is 0 Å². The number of carbonyl (C=O) groups excluding carboxylic acids is 2. The van der Waals surface area contributed by atoms with Gasteiger partial charge in [-0.1, -0.05) is 31.5 Å². The Morgan fingerprint density at radius 3 is 2.49 bits per heavy atom. The molecule has 2 aromatic heterocycles. The highest BCUT2D eigenvalue weighted by atomic mass is 32.1. The summed E-state index contributed by atoms with van der Waals surface area (Å²) in [6.45, 7) is 5.39. The molecule has 0 saturated heterocycles. The van der Waals surface area contributed by atoms with Crippen molar-refractivity contribution in [1.29, 1.82) is 0 Å². The lowest BCUT2D eigenvalue weighted by Gasteiger charge is -2.27. The Morgan fingerprint density at radius 2 is 1.83 bits per heavy atom. The molecule has 0 radical (unpaired) electrons. The molecule has 0 unspecified atom stereocenters. The first-order chi connectivity index (χ1) is 16.7. The minimum atomic E-state index is -4.40. The fourth-order valence-corrected chi connectivity index (χ4v) is 4.46. The highest BCUT2D eigenvalue weighted by molar-refractivity contribution is 7.12. The van der Waals surface area contributed by atoms with Crippen molar-refractivity contribution in [3.63, 3.8) is 0 Å². The molecule has 0 spiro atoms. The van der Waals surface area contributed by atoms with Gasteiger partial charge in [0.1, 0.15) is 6.54 Å². The summed E-state index contributed by atoms with van der Waals surface area (Å²) in [6, 6.07) is 12.5. The second-order valence-electron chi connectivity index (χ2n) is 8.29. The lowest BCUT2D eigenvalue weighted by atomic mass is 10.1. The normalized spacial score (nSPS) is 11.5. The Balaban J connectivity index is 1.74. The van der Waals surface area contributed by atoms with Crippen molar-refractivity contribution < 1.29 is 22.8 Å². The van der Waals surface area contributed by atoms with E-state index in [0.717, 1.165) is 30.7 Å². The van der Waals surface area contributed by atoms with Gasteiger partial charge in [0.2, 0.25) is 5.91 Å². The number of benzene rings is 1. The summed E-state index contributed by atoms with van der Waals surface area (Å²) in [6.07, 6.45) is -0.882. The quantitative estimate of drug-likeness (QED) is 0.325. The van der Waals surface area contributed by atoms with Crippen molar-refractivity contribution in [3.8, 4) is 0 Å². The van der Waals surface area contributed by atoms with Crippen LogP contribution in [-0.2, 0) is 24.1 Å². The predicted molar refractivity (Wildman–Crippen MR) is 131 cm³/mol. The molecule has 3 rings (SSSR count). The summed E-state index contributed by atoms with van der Waals surface area (Å²) in [5.74, 6) is -0.323. The van der Waals surface area contributed by atoms with Gasteiger partial charge < -0.3 is 14.4 Å². The Hall–Kier alpha value is -3.07. The molecular weight excluding hydrogens is 475 g/mol. The monoisotopic (exact) mass is 505 g/mol. The Kier molecular flexibility index (Phi) is 9.14. The standard InChI is InChI=1S/C26H30F3N3O2S/c1-3-5-13-32(24(33)19-30(4-2)25(34)23-12-8-15-35-23)18-22-11-7-14-31(22)17-20-9-6-10-21(16-20)26(27,28)29/h6-12,14-16H,3-5,13,17-19H2,1-2H3. The molecule has 0 aliphatic heterocycles. The van der Waals surface area contributed by atoms with Gasteiger partial charge >= 0.3 is 6.18 Å². The van der Waals surface area contributed by atoms with E-state index in [1.807, 2.05) is 35.9 Å². The van der Waals surface area contributed by atoms with Gasteiger partial charge in [0.15, 0.2) is 0 Å². The van der Waals surface area contributed by atoms with Crippen LogP contribution in [0.15, 0.2) is 60.1 Å². The number of amides is 2. The number of thiophene rings is 1. The molecule has 0 fully saturated rings. The van der Waals surface area contributed by atoms with E-state index in [-0.39, 0.29) is 24.9 Å². The summed E-state index contributed by atoms with van der Waals surface area (Å²) in [4.78, 5) is 29.9. The number of unbranched alkanes of at least 4 members (excludes halogenated alkanes) is 1. The van der Waals surface area contributed by atoms with Gasteiger partial charge in [-0.2, -0.15) is 13.2 Å². The molecule has 1 aromatic carbocycles. The number of alkyl halides is 3.